The molecule has 0 spiro atoms. The third-order valence-corrected chi connectivity index (χ3v) is 2.62. The molecule has 1 N–H and O–H groups in total. The van der Waals surface area contributed by atoms with Crippen molar-refractivity contribution in [2.75, 3.05) is 0 Å². The highest BCUT2D eigenvalue weighted by atomic mass is 127. The molecular formula is C8H5IN2O. The van der Waals surface area contributed by atoms with Crippen LogP contribution in [0.2, 0.25) is 0 Å². The second-order valence-corrected chi connectivity index (χ2v) is 3.40. The van der Waals surface area contributed by atoms with Crippen LogP contribution in [0.4, 0.5) is 0 Å². The quantitative estimate of drug-likeness (QED) is 0.745. The summed E-state index contributed by atoms with van der Waals surface area (Å²) in [6, 6.07) is 3.37. The van der Waals surface area contributed by atoms with Gasteiger partial charge in [0.15, 0.2) is 0 Å². The van der Waals surface area contributed by atoms with Crippen LogP contribution in [0.1, 0.15) is 0 Å². The van der Waals surface area contributed by atoms with Crippen LogP contribution in [0.15, 0.2) is 24.5 Å². The van der Waals surface area contributed by atoms with E-state index in [1.54, 1.807) is 24.5 Å². The third-order valence-electron chi connectivity index (χ3n) is 1.56. The Balaban J connectivity index is 2.91. The van der Waals surface area contributed by atoms with Gasteiger partial charge in [0.05, 0.1) is 9.09 Å². The van der Waals surface area contributed by atoms with E-state index in [-0.39, 0.29) is 5.75 Å². The van der Waals surface area contributed by atoms with E-state index in [4.69, 9.17) is 0 Å². The van der Waals surface area contributed by atoms with E-state index >= 15 is 0 Å². The van der Waals surface area contributed by atoms with Crippen LogP contribution in [-0.2, 0) is 0 Å². The summed E-state index contributed by atoms with van der Waals surface area (Å²) in [4.78, 5) is 8.22. The van der Waals surface area contributed by atoms with Crippen molar-refractivity contribution in [1.82, 2.24) is 9.97 Å². The first-order valence-electron chi connectivity index (χ1n) is 3.37. The predicted octanol–water partition coefficient (Wildman–Crippen LogP) is 1.94. The Morgan fingerprint density at radius 1 is 1.17 bits per heavy atom. The summed E-state index contributed by atoms with van der Waals surface area (Å²) in [6.45, 7) is 0. The van der Waals surface area contributed by atoms with Gasteiger partial charge in [0.2, 0.25) is 0 Å². The van der Waals surface area contributed by atoms with E-state index < -0.39 is 0 Å². The molecule has 3 nitrogen and oxygen atoms in total. The van der Waals surface area contributed by atoms with Gasteiger partial charge < -0.3 is 5.11 Å². The minimum Gasteiger partial charge on any atom is -0.507 e. The minimum absolute atomic E-state index is 0.253. The number of fused-ring (bicyclic) bond motifs is 1. The molecule has 4 heteroatoms. The molecule has 1 heterocycles. The first-order chi connectivity index (χ1) is 5.79. The van der Waals surface area contributed by atoms with Gasteiger partial charge in [0.25, 0.3) is 0 Å². The van der Waals surface area contributed by atoms with Crippen molar-refractivity contribution in [2.45, 2.75) is 0 Å². The number of hydrogen-bond acceptors (Lipinski definition) is 3. The number of phenols is 1. The van der Waals surface area contributed by atoms with E-state index in [1.165, 1.54) is 0 Å². The standard InChI is InChI=1S/C8H5IN2O/c9-7-6(12)2-1-5-8(7)11-4-3-10-5/h1-4,12H. The Morgan fingerprint density at radius 2 is 1.92 bits per heavy atom. The van der Waals surface area contributed by atoms with E-state index in [9.17, 15) is 5.11 Å². The highest BCUT2D eigenvalue weighted by molar-refractivity contribution is 14.1. The summed E-state index contributed by atoms with van der Waals surface area (Å²) in [6.07, 6.45) is 3.25. The molecule has 0 bridgehead atoms. The summed E-state index contributed by atoms with van der Waals surface area (Å²) < 4.78 is 0.748. The molecule has 0 aliphatic rings. The van der Waals surface area contributed by atoms with Gasteiger partial charge in [-0.1, -0.05) is 0 Å². The summed E-state index contributed by atoms with van der Waals surface area (Å²) in [7, 11) is 0. The number of phenolic OH excluding ortho intramolecular Hbond substituents is 1. The summed E-state index contributed by atoms with van der Waals surface area (Å²) >= 11 is 2.05. The molecule has 0 aliphatic heterocycles. The fraction of sp³-hybridized carbons (Fsp3) is 0. The van der Waals surface area contributed by atoms with Crippen molar-refractivity contribution >= 4 is 33.6 Å². The fourth-order valence-electron chi connectivity index (χ4n) is 0.992. The van der Waals surface area contributed by atoms with Gasteiger partial charge in [0, 0.05) is 12.4 Å². The number of rotatable bonds is 0. The van der Waals surface area contributed by atoms with E-state index in [1.807, 2.05) is 0 Å². The largest absolute Gasteiger partial charge is 0.507 e. The number of aromatic hydroxyl groups is 1. The lowest BCUT2D eigenvalue weighted by atomic mass is 10.3. The van der Waals surface area contributed by atoms with Crippen LogP contribution < -0.4 is 0 Å². The Morgan fingerprint density at radius 3 is 2.75 bits per heavy atom. The highest BCUT2D eigenvalue weighted by Crippen LogP contribution is 2.25. The van der Waals surface area contributed by atoms with Crippen LogP contribution in [0.5, 0.6) is 5.75 Å². The molecular weight excluding hydrogens is 267 g/mol. The van der Waals surface area contributed by atoms with Crippen LogP contribution in [0.25, 0.3) is 11.0 Å². The molecule has 2 rings (SSSR count). The van der Waals surface area contributed by atoms with Gasteiger partial charge in [-0.15, -0.1) is 0 Å². The topological polar surface area (TPSA) is 46.0 Å². The molecule has 0 saturated heterocycles. The van der Waals surface area contributed by atoms with Gasteiger partial charge >= 0.3 is 0 Å². The second-order valence-electron chi connectivity index (χ2n) is 2.32. The van der Waals surface area contributed by atoms with Crippen molar-refractivity contribution in [1.29, 1.82) is 0 Å². The predicted molar refractivity (Wildman–Crippen MR) is 53.9 cm³/mol. The van der Waals surface area contributed by atoms with Gasteiger partial charge in [-0.25, -0.2) is 0 Å². The second kappa shape index (κ2) is 2.85. The minimum atomic E-state index is 0.253. The molecule has 0 saturated carbocycles. The lowest BCUT2D eigenvalue weighted by molar-refractivity contribution is 0.472. The smallest absolute Gasteiger partial charge is 0.131 e. The number of benzene rings is 1. The Hall–Kier alpha value is -0.910. The lowest BCUT2D eigenvalue weighted by Gasteiger charge is -1.99. The maximum atomic E-state index is 9.34. The summed E-state index contributed by atoms with van der Waals surface area (Å²) in [5, 5.41) is 9.34. The molecule has 0 unspecified atom stereocenters. The van der Waals surface area contributed by atoms with Crippen LogP contribution in [0.3, 0.4) is 0 Å². The Kier molecular flexibility index (Phi) is 1.84. The van der Waals surface area contributed by atoms with Crippen molar-refractivity contribution < 1.29 is 5.11 Å². The van der Waals surface area contributed by atoms with Crippen molar-refractivity contribution in [3.63, 3.8) is 0 Å². The average Bonchev–Trinajstić information content (AvgIpc) is 2.12. The zero-order valence-electron chi connectivity index (χ0n) is 6.03. The molecule has 1 aromatic carbocycles. The van der Waals surface area contributed by atoms with E-state index in [0.717, 1.165) is 14.6 Å². The number of halogens is 1. The third kappa shape index (κ3) is 1.12. The zero-order valence-corrected chi connectivity index (χ0v) is 8.19. The van der Waals surface area contributed by atoms with Crippen molar-refractivity contribution in [3.8, 4) is 5.75 Å². The normalized spacial score (nSPS) is 10.4. The Labute approximate surface area is 82.6 Å². The number of hydrogen-bond donors (Lipinski definition) is 1. The molecule has 1 aromatic heterocycles. The molecule has 60 valence electrons. The Bertz CT molecular complexity index is 430. The number of nitrogens with zero attached hydrogens (tertiary/aromatic N) is 2. The molecule has 0 aliphatic carbocycles. The van der Waals surface area contributed by atoms with Gasteiger partial charge in [-0.3, -0.25) is 9.97 Å². The first-order valence-corrected chi connectivity index (χ1v) is 4.45. The lowest BCUT2D eigenvalue weighted by Crippen LogP contribution is -1.85. The number of aromatic nitrogens is 2. The van der Waals surface area contributed by atoms with Crippen LogP contribution in [-0.4, -0.2) is 15.1 Å². The molecule has 0 atom stereocenters. The maximum Gasteiger partial charge on any atom is 0.131 e. The van der Waals surface area contributed by atoms with Gasteiger partial charge in [-0.05, 0) is 34.7 Å². The zero-order chi connectivity index (χ0) is 8.55. The molecule has 2 aromatic rings. The molecule has 0 amide bonds. The van der Waals surface area contributed by atoms with E-state index in [0.29, 0.717) is 0 Å². The average molecular weight is 272 g/mol. The summed E-state index contributed by atoms with van der Waals surface area (Å²) in [5.41, 5.74) is 1.55. The van der Waals surface area contributed by atoms with E-state index in [2.05, 4.69) is 32.6 Å². The molecule has 0 fully saturated rings. The summed E-state index contributed by atoms with van der Waals surface area (Å²) in [5.74, 6) is 0.253. The van der Waals surface area contributed by atoms with Crippen molar-refractivity contribution in [2.24, 2.45) is 0 Å². The highest BCUT2D eigenvalue weighted by Gasteiger charge is 2.03. The van der Waals surface area contributed by atoms with Gasteiger partial charge in [0.1, 0.15) is 11.3 Å². The fourth-order valence-corrected chi connectivity index (χ4v) is 1.59. The monoisotopic (exact) mass is 272 g/mol. The molecule has 12 heavy (non-hydrogen) atoms. The van der Waals surface area contributed by atoms with Gasteiger partial charge in [-0.2, -0.15) is 0 Å². The first kappa shape index (κ1) is 7.72. The van der Waals surface area contributed by atoms with Crippen LogP contribution in [0, 0.1) is 3.57 Å². The maximum absolute atomic E-state index is 9.34. The van der Waals surface area contributed by atoms with Crippen LogP contribution >= 0.6 is 22.6 Å². The van der Waals surface area contributed by atoms with Crippen molar-refractivity contribution in [3.05, 3.63) is 28.1 Å². The SMILES string of the molecule is Oc1ccc2nccnc2c1I. The molecule has 0 radical (unpaired) electrons.